The van der Waals surface area contributed by atoms with Crippen molar-refractivity contribution in [2.45, 2.75) is 18.6 Å². The van der Waals surface area contributed by atoms with Gasteiger partial charge in [0.05, 0.1) is 12.1 Å². The Hall–Kier alpha value is -1.95. The summed E-state index contributed by atoms with van der Waals surface area (Å²) in [7, 11) is 0. The lowest BCUT2D eigenvalue weighted by molar-refractivity contribution is 0.666. The number of aryl methyl sites for hydroxylation is 1. The maximum absolute atomic E-state index is 4.11. The third kappa shape index (κ3) is 6.67. The van der Waals surface area contributed by atoms with E-state index in [0.717, 1.165) is 43.3 Å². The van der Waals surface area contributed by atoms with Crippen molar-refractivity contribution in [2.24, 2.45) is 0 Å². The number of aromatic amines is 1. The molecule has 0 aliphatic rings. The molecule has 2 aromatic heterocycles. The second-order valence-corrected chi connectivity index (χ2v) is 6.03. The van der Waals surface area contributed by atoms with Crippen LogP contribution in [0.25, 0.3) is 0 Å². The Kier molecular flexibility index (Phi) is 7.38. The number of pyridine rings is 1. The van der Waals surface area contributed by atoms with Crippen molar-refractivity contribution in [3.8, 4) is 0 Å². The van der Waals surface area contributed by atoms with E-state index in [0.29, 0.717) is 0 Å². The molecule has 0 spiro atoms. The summed E-state index contributed by atoms with van der Waals surface area (Å²) in [4.78, 5) is 11.2. The molecule has 22 heavy (non-hydrogen) atoms. The summed E-state index contributed by atoms with van der Waals surface area (Å²) in [5, 5.41) is 6.59. The first-order valence-electron chi connectivity index (χ1n) is 7.45. The van der Waals surface area contributed by atoms with Gasteiger partial charge in [-0.05, 0) is 24.5 Å². The van der Waals surface area contributed by atoms with E-state index in [1.165, 1.54) is 11.3 Å². The molecule has 0 fully saturated rings. The topological polar surface area (TPSA) is 65.6 Å². The molecule has 2 rings (SSSR count). The molecule has 5 nitrogen and oxygen atoms in total. The van der Waals surface area contributed by atoms with Crippen LogP contribution in [0.5, 0.6) is 0 Å². The van der Waals surface area contributed by atoms with Crippen molar-refractivity contribution in [1.82, 2.24) is 25.6 Å². The minimum absolute atomic E-state index is 0.895. The fourth-order valence-corrected chi connectivity index (χ4v) is 2.75. The molecule has 2 aromatic rings. The first kappa shape index (κ1) is 16.4. The number of hydrogen-bond acceptors (Lipinski definition) is 5. The van der Waals surface area contributed by atoms with Crippen LogP contribution in [0.1, 0.15) is 17.7 Å². The molecule has 0 atom stereocenters. The monoisotopic (exact) mass is 317 g/mol. The Labute approximate surface area is 136 Å². The molecule has 0 aliphatic carbocycles. The van der Waals surface area contributed by atoms with Gasteiger partial charge in [0.25, 0.3) is 0 Å². The Morgan fingerprint density at radius 1 is 1.23 bits per heavy atom. The minimum atomic E-state index is 0.895. The van der Waals surface area contributed by atoms with Gasteiger partial charge >= 0.3 is 0 Å². The predicted molar refractivity (Wildman–Crippen MR) is 92.5 cm³/mol. The van der Waals surface area contributed by atoms with Crippen molar-refractivity contribution < 1.29 is 0 Å². The first-order chi connectivity index (χ1) is 10.8. The average molecular weight is 317 g/mol. The van der Waals surface area contributed by atoms with Crippen LogP contribution in [0.4, 0.5) is 0 Å². The van der Waals surface area contributed by atoms with E-state index in [4.69, 9.17) is 0 Å². The van der Waals surface area contributed by atoms with Crippen molar-refractivity contribution in [3.63, 3.8) is 0 Å². The molecule has 0 aliphatic heterocycles. The van der Waals surface area contributed by atoms with Crippen LogP contribution in [0, 0.1) is 0 Å². The number of aromatic nitrogens is 3. The van der Waals surface area contributed by atoms with Gasteiger partial charge in [-0.15, -0.1) is 0 Å². The Bertz CT molecular complexity index is 527. The molecule has 0 saturated carbocycles. The predicted octanol–water partition coefficient (Wildman–Crippen LogP) is 2.32. The molecule has 0 aromatic carbocycles. The summed E-state index contributed by atoms with van der Waals surface area (Å²) in [5.41, 5.74) is 2.44. The summed E-state index contributed by atoms with van der Waals surface area (Å²) < 4.78 is 0. The normalized spacial score (nSPS) is 10.4. The lowest BCUT2D eigenvalue weighted by Crippen LogP contribution is -2.28. The van der Waals surface area contributed by atoms with Gasteiger partial charge in [0.1, 0.15) is 0 Å². The third-order valence-corrected chi connectivity index (χ3v) is 4.12. The number of rotatable bonds is 11. The summed E-state index contributed by atoms with van der Waals surface area (Å²) in [5.74, 6) is 2.94. The van der Waals surface area contributed by atoms with E-state index in [9.17, 15) is 0 Å². The van der Waals surface area contributed by atoms with Crippen molar-refractivity contribution in [2.75, 3.05) is 18.8 Å². The molecule has 0 radical (unpaired) electrons. The Morgan fingerprint density at radius 3 is 2.91 bits per heavy atom. The van der Waals surface area contributed by atoms with Crippen LogP contribution in [-0.2, 0) is 12.2 Å². The van der Waals surface area contributed by atoms with Gasteiger partial charge in [-0.2, -0.15) is 11.8 Å². The summed E-state index contributed by atoms with van der Waals surface area (Å²) in [6.07, 6.45) is 9.36. The molecular formula is C16H23N5S. The zero-order chi connectivity index (χ0) is 15.5. The van der Waals surface area contributed by atoms with Gasteiger partial charge in [0.15, 0.2) is 0 Å². The molecule has 0 amide bonds. The van der Waals surface area contributed by atoms with E-state index < -0.39 is 0 Å². The minimum Gasteiger partial charge on any atom is -0.372 e. The van der Waals surface area contributed by atoms with Crippen molar-refractivity contribution in [3.05, 3.63) is 60.7 Å². The summed E-state index contributed by atoms with van der Waals surface area (Å²) in [6, 6.07) is 4.08. The molecule has 0 bridgehead atoms. The lowest BCUT2D eigenvalue weighted by atomic mass is 10.2. The fourth-order valence-electron chi connectivity index (χ4n) is 1.95. The van der Waals surface area contributed by atoms with Gasteiger partial charge in [-0.25, -0.2) is 4.98 Å². The van der Waals surface area contributed by atoms with Gasteiger partial charge < -0.3 is 15.6 Å². The zero-order valence-electron chi connectivity index (χ0n) is 12.7. The zero-order valence-corrected chi connectivity index (χ0v) is 13.5. The lowest BCUT2D eigenvalue weighted by Gasteiger charge is -2.11. The third-order valence-electron chi connectivity index (χ3n) is 3.09. The van der Waals surface area contributed by atoms with Crippen LogP contribution in [0.3, 0.4) is 0 Å². The van der Waals surface area contributed by atoms with Gasteiger partial charge in [0, 0.05) is 48.9 Å². The second-order valence-electron chi connectivity index (χ2n) is 4.93. The van der Waals surface area contributed by atoms with E-state index in [1.807, 2.05) is 30.2 Å². The molecule has 2 heterocycles. The first-order valence-corrected chi connectivity index (χ1v) is 8.60. The number of nitrogens with zero attached hydrogens (tertiary/aromatic N) is 2. The number of H-pyrrole nitrogens is 1. The van der Waals surface area contributed by atoms with Crippen LogP contribution < -0.4 is 10.6 Å². The van der Waals surface area contributed by atoms with Crippen LogP contribution >= 0.6 is 11.8 Å². The van der Waals surface area contributed by atoms with E-state index in [1.54, 1.807) is 12.5 Å². The smallest absolute Gasteiger partial charge is 0.0921 e. The highest BCUT2D eigenvalue weighted by Crippen LogP contribution is 2.09. The Balaban J connectivity index is 1.44. The highest BCUT2D eigenvalue weighted by molar-refractivity contribution is 7.98. The van der Waals surface area contributed by atoms with Gasteiger partial charge in [0.2, 0.25) is 0 Å². The van der Waals surface area contributed by atoms with Gasteiger partial charge in [-0.3, -0.25) is 4.98 Å². The fraction of sp³-hybridized carbons (Fsp3) is 0.375. The number of hydrogen-bond donors (Lipinski definition) is 3. The van der Waals surface area contributed by atoms with Crippen LogP contribution in [0.2, 0.25) is 0 Å². The van der Waals surface area contributed by atoms with Gasteiger partial charge in [-0.1, -0.05) is 12.6 Å². The Morgan fingerprint density at radius 2 is 2.14 bits per heavy atom. The van der Waals surface area contributed by atoms with Crippen LogP contribution in [0.15, 0.2) is 49.5 Å². The van der Waals surface area contributed by atoms with Crippen molar-refractivity contribution in [1.29, 1.82) is 0 Å². The molecular weight excluding hydrogens is 294 g/mol. The maximum Gasteiger partial charge on any atom is 0.0921 e. The molecule has 0 unspecified atom stereocenters. The van der Waals surface area contributed by atoms with Crippen molar-refractivity contribution >= 4 is 11.8 Å². The highest BCUT2D eigenvalue weighted by atomic mass is 32.2. The molecule has 118 valence electrons. The maximum atomic E-state index is 4.11. The largest absolute Gasteiger partial charge is 0.372 e. The summed E-state index contributed by atoms with van der Waals surface area (Å²) in [6.45, 7) is 5.81. The molecule has 0 saturated heterocycles. The van der Waals surface area contributed by atoms with Crippen LogP contribution in [-0.4, -0.2) is 33.8 Å². The summed E-state index contributed by atoms with van der Waals surface area (Å²) >= 11 is 1.89. The van der Waals surface area contributed by atoms with E-state index in [2.05, 4.69) is 38.2 Å². The second kappa shape index (κ2) is 9.89. The SMILES string of the molecule is C=C(NCCCc1cnc[nH]1)NCCSCc1cccnc1. The van der Waals surface area contributed by atoms with E-state index >= 15 is 0 Å². The molecule has 3 N–H and O–H groups in total. The number of thioether (sulfide) groups is 1. The standard InChI is InChI=1S/C16H23N5S/c1-14(19-7-3-5-16-11-18-13-21-16)20-8-9-22-12-15-4-2-6-17-10-15/h2,4,6,10-11,13,19-20H,1,3,5,7-9,12H2,(H,18,21). The highest BCUT2D eigenvalue weighted by Gasteiger charge is 1.96. The number of imidazole rings is 1. The van der Waals surface area contributed by atoms with E-state index in [-0.39, 0.29) is 0 Å². The number of nitrogens with one attached hydrogen (secondary N) is 3. The quantitative estimate of drug-likeness (QED) is 0.555. The molecule has 6 heteroatoms. The average Bonchev–Trinajstić information content (AvgIpc) is 3.06.